The van der Waals surface area contributed by atoms with E-state index in [-0.39, 0.29) is 0 Å². The third-order valence-electron chi connectivity index (χ3n) is 4.17. The summed E-state index contributed by atoms with van der Waals surface area (Å²) in [5, 5.41) is 0. The van der Waals surface area contributed by atoms with Crippen molar-refractivity contribution in [3.8, 4) is 0 Å². The SMILES string of the molecule is CC1(C)[C@@H](CN)[C@@H]1c1scnc1C1CC1. The lowest BCUT2D eigenvalue weighted by molar-refractivity contribution is 0.559. The van der Waals surface area contributed by atoms with Crippen molar-refractivity contribution in [1.82, 2.24) is 4.98 Å². The number of thiazole rings is 1. The van der Waals surface area contributed by atoms with Gasteiger partial charge in [0.15, 0.2) is 0 Å². The van der Waals surface area contributed by atoms with E-state index in [1.807, 2.05) is 16.8 Å². The molecule has 0 spiro atoms. The first-order valence-corrected chi connectivity index (χ1v) is 6.67. The summed E-state index contributed by atoms with van der Waals surface area (Å²) in [5.74, 6) is 2.14. The van der Waals surface area contributed by atoms with Crippen molar-refractivity contribution in [1.29, 1.82) is 0 Å². The smallest absolute Gasteiger partial charge is 0.0797 e. The van der Waals surface area contributed by atoms with Gasteiger partial charge in [0.1, 0.15) is 0 Å². The molecule has 1 heterocycles. The first kappa shape index (κ1) is 9.79. The summed E-state index contributed by atoms with van der Waals surface area (Å²) in [7, 11) is 0. The highest BCUT2D eigenvalue weighted by Crippen LogP contribution is 2.66. The normalized spacial score (nSPS) is 33.0. The van der Waals surface area contributed by atoms with Crippen LogP contribution < -0.4 is 5.73 Å². The molecule has 3 heteroatoms. The Kier molecular flexibility index (Phi) is 1.99. The molecule has 15 heavy (non-hydrogen) atoms. The standard InChI is InChI=1S/C12H18N2S/c1-12(2)8(5-13)9(12)11-10(7-3-4-7)14-6-15-11/h6-9H,3-5,13H2,1-2H3/t8-,9+/m0/s1. The Morgan fingerprint density at radius 3 is 2.80 bits per heavy atom. The van der Waals surface area contributed by atoms with Crippen LogP contribution in [0.15, 0.2) is 5.51 Å². The van der Waals surface area contributed by atoms with Gasteiger partial charge in [0.2, 0.25) is 0 Å². The summed E-state index contributed by atoms with van der Waals surface area (Å²) >= 11 is 1.84. The van der Waals surface area contributed by atoms with E-state index in [4.69, 9.17) is 5.73 Å². The van der Waals surface area contributed by atoms with Gasteiger partial charge in [-0.2, -0.15) is 0 Å². The highest BCUT2D eigenvalue weighted by Gasteiger charge is 2.59. The van der Waals surface area contributed by atoms with Gasteiger partial charge in [0.25, 0.3) is 0 Å². The van der Waals surface area contributed by atoms with Crippen LogP contribution in [0.4, 0.5) is 0 Å². The topological polar surface area (TPSA) is 38.9 Å². The van der Waals surface area contributed by atoms with Crippen LogP contribution in [0.25, 0.3) is 0 Å². The van der Waals surface area contributed by atoms with Gasteiger partial charge in [-0.1, -0.05) is 13.8 Å². The average Bonchev–Trinajstić information content (AvgIpc) is 3.06. The zero-order chi connectivity index (χ0) is 10.6. The molecule has 2 aliphatic carbocycles. The van der Waals surface area contributed by atoms with Crippen LogP contribution in [0, 0.1) is 11.3 Å². The molecule has 0 radical (unpaired) electrons. The van der Waals surface area contributed by atoms with Gasteiger partial charge in [-0.05, 0) is 30.7 Å². The summed E-state index contributed by atoms with van der Waals surface area (Å²) in [6, 6.07) is 0. The van der Waals surface area contributed by atoms with Crippen LogP contribution in [0.1, 0.15) is 49.1 Å². The summed E-state index contributed by atoms with van der Waals surface area (Å²) in [4.78, 5) is 6.09. The van der Waals surface area contributed by atoms with Crippen LogP contribution in [0.3, 0.4) is 0 Å². The van der Waals surface area contributed by atoms with Crippen molar-refractivity contribution in [3.63, 3.8) is 0 Å². The lowest BCUT2D eigenvalue weighted by Crippen LogP contribution is -2.05. The first-order valence-electron chi connectivity index (χ1n) is 5.79. The maximum atomic E-state index is 5.83. The fraction of sp³-hybridized carbons (Fsp3) is 0.750. The molecule has 2 atom stereocenters. The van der Waals surface area contributed by atoms with Crippen molar-refractivity contribution in [2.45, 2.75) is 38.5 Å². The number of hydrogen-bond acceptors (Lipinski definition) is 3. The lowest BCUT2D eigenvalue weighted by atomic mass is 10.1. The minimum Gasteiger partial charge on any atom is -0.330 e. The lowest BCUT2D eigenvalue weighted by Gasteiger charge is -2.02. The third kappa shape index (κ3) is 1.36. The molecule has 0 aromatic carbocycles. The summed E-state index contributed by atoms with van der Waals surface area (Å²) < 4.78 is 0. The van der Waals surface area contributed by atoms with E-state index in [2.05, 4.69) is 18.8 Å². The first-order chi connectivity index (χ1) is 7.16. The molecule has 2 saturated carbocycles. The van der Waals surface area contributed by atoms with Gasteiger partial charge in [-0.3, -0.25) is 0 Å². The molecule has 3 rings (SSSR count). The van der Waals surface area contributed by atoms with Gasteiger partial charge in [0, 0.05) is 16.7 Å². The molecule has 0 aliphatic heterocycles. The number of hydrogen-bond donors (Lipinski definition) is 1. The zero-order valence-electron chi connectivity index (χ0n) is 9.36. The van der Waals surface area contributed by atoms with Crippen molar-refractivity contribution in [2.24, 2.45) is 17.1 Å². The minimum atomic E-state index is 0.408. The number of rotatable bonds is 3. The molecule has 0 unspecified atom stereocenters. The molecule has 0 bridgehead atoms. The fourth-order valence-corrected chi connectivity index (χ4v) is 4.10. The Hall–Kier alpha value is -0.410. The second kappa shape index (κ2) is 3.05. The summed E-state index contributed by atoms with van der Waals surface area (Å²) in [5.41, 5.74) is 9.66. The molecule has 2 nitrogen and oxygen atoms in total. The Morgan fingerprint density at radius 2 is 2.27 bits per heavy atom. The predicted octanol–water partition coefficient (Wildman–Crippen LogP) is 2.72. The minimum absolute atomic E-state index is 0.408. The van der Waals surface area contributed by atoms with Gasteiger partial charge in [-0.15, -0.1) is 11.3 Å². The molecule has 2 fully saturated rings. The highest BCUT2D eigenvalue weighted by atomic mass is 32.1. The van der Waals surface area contributed by atoms with Crippen molar-refractivity contribution in [3.05, 3.63) is 16.1 Å². The van der Waals surface area contributed by atoms with E-state index in [1.54, 1.807) is 0 Å². The van der Waals surface area contributed by atoms with Crippen molar-refractivity contribution in [2.75, 3.05) is 6.54 Å². The van der Waals surface area contributed by atoms with E-state index >= 15 is 0 Å². The van der Waals surface area contributed by atoms with Gasteiger partial charge in [-0.25, -0.2) is 4.98 Å². The molecular weight excluding hydrogens is 204 g/mol. The molecule has 2 aliphatic rings. The van der Waals surface area contributed by atoms with Crippen molar-refractivity contribution < 1.29 is 0 Å². The molecule has 1 aromatic heterocycles. The van der Waals surface area contributed by atoms with Crippen LogP contribution in [-0.2, 0) is 0 Å². The molecule has 0 saturated heterocycles. The maximum absolute atomic E-state index is 5.83. The number of nitrogens with two attached hydrogens (primary N) is 1. The fourth-order valence-electron chi connectivity index (χ4n) is 2.86. The second-order valence-corrected chi connectivity index (χ2v) is 6.40. The quantitative estimate of drug-likeness (QED) is 0.854. The maximum Gasteiger partial charge on any atom is 0.0797 e. The molecular formula is C12H18N2S. The molecule has 1 aromatic rings. The van der Waals surface area contributed by atoms with Crippen LogP contribution >= 0.6 is 11.3 Å². The molecule has 2 N–H and O–H groups in total. The van der Waals surface area contributed by atoms with E-state index in [1.165, 1.54) is 23.4 Å². The Balaban J connectivity index is 1.90. The molecule has 0 amide bonds. The van der Waals surface area contributed by atoms with E-state index < -0.39 is 0 Å². The van der Waals surface area contributed by atoms with Crippen LogP contribution in [0.2, 0.25) is 0 Å². The summed E-state index contributed by atoms with van der Waals surface area (Å²) in [6.07, 6.45) is 2.69. The van der Waals surface area contributed by atoms with E-state index in [0.717, 1.165) is 12.5 Å². The zero-order valence-corrected chi connectivity index (χ0v) is 10.2. The number of aromatic nitrogens is 1. The van der Waals surface area contributed by atoms with E-state index in [9.17, 15) is 0 Å². The van der Waals surface area contributed by atoms with Gasteiger partial charge >= 0.3 is 0 Å². The van der Waals surface area contributed by atoms with Crippen LogP contribution in [-0.4, -0.2) is 11.5 Å². The largest absolute Gasteiger partial charge is 0.330 e. The van der Waals surface area contributed by atoms with Crippen molar-refractivity contribution >= 4 is 11.3 Å². The second-order valence-electron chi connectivity index (χ2n) is 5.52. The summed E-state index contributed by atoms with van der Waals surface area (Å²) in [6.45, 7) is 5.50. The molecule has 82 valence electrons. The Labute approximate surface area is 94.9 Å². The monoisotopic (exact) mass is 222 g/mol. The number of nitrogens with zero attached hydrogens (tertiary/aromatic N) is 1. The third-order valence-corrected chi connectivity index (χ3v) is 5.10. The van der Waals surface area contributed by atoms with Gasteiger partial charge < -0.3 is 5.73 Å². The van der Waals surface area contributed by atoms with E-state index in [0.29, 0.717) is 17.3 Å². The average molecular weight is 222 g/mol. The van der Waals surface area contributed by atoms with Crippen LogP contribution in [0.5, 0.6) is 0 Å². The van der Waals surface area contributed by atoms with Gasteiger partial charge in [0.05, 0.1) is 11.2 Å². The predicted molar refractivity (Wildman–Crippen MR) is 63.2 cm³/mol. The Morgan fingerprint density at radius 1 is 1.53 bits per heavy atom. The highest BCUT2D eigenvalue weighted by molar-refractivity contribution is 7.09. The Bertz CT molecular complexity index is 379.